The van der Waals surface area contributed by atoms with E-state index < -0.39 is 0 Å². The standard InChI is InChI=1S/C26H17Cl3N2O2S/c27-20-8-3-1-6-16(20)14-31-25(32)24(34-26(31)33)12-17-13-30(23-11-4-2-7-18(17)23)15-19-21(28)9-5-10-22(19)29/h1-13H,14-15H2/b24-12-. The molecule has 4 nitrogen and oxygen atoms in total. The van der Waals surface area contributed by atoms with E-state index in [4.69, 9.17) is 34.8 Å². The number of aromatic nitrogens is 1. The highest BCUT2D eigenvalue weighted by Gasteiger charge is 2.35. The van der Waals surface area contributed by atoms with Crippen molar-refractivity contribution in [3.05, 3.63) is 110 Å². The molecule has 0 bridgehead atoms. The Morgan fingerprint density at radius 1 is 0.794 bits per heavy atom. The number of fused-ring (bicyclic) bond motifs is 1. The number of nitrogens with zero attached hydrogens (tertiary/aromatic N) is 2. The fraction of sp³-hybridized carbons (Fsp3) is 0.0769. The Balaban J connectivity index is 1.49. The van der Waals surface area contributed by atoms with Crippen molar-refractivity contribution < 1.29 is 9.59 Å². The number of rotatable bonds is 5. The number of hydrogen-bond acceptors (Lipinski definition) is 3. The zero-order valence-corrected chi connectivity index (χ0v) is 20.8. The Bertz CT molecular complexity index is 1460. The van der Waals surface area contributed by atoms with E-state index in [0.717, 1.165) is 39.4 Å². The minimum atomic E-state index is -0.333. The number of carbonyl (C=O) groups is 2. The van der Waals surface area contributed by atoms with E-state index in [1.165, 1.54) is 4.90 Å². The van der Waals surface area contributed by atoms with E-state index in [0.29, 0.717) is 26.5 Å². The lowest BCUT2D eigenvalue weighted by molar-refractivity contribution is -0.123. The fourth-order valence-electron chi connectivity index (χ4n) is 3.95. The summed E-state index contributed by atoms with van der Waals surface area (Å²) in [5.74, 6) is -0.333. The maximum atomic E-state index is 13.1. The van der Waals surface area contributed by atoms with E-state index in [2.05, 4.69) is 0 Å². The molecule has 1 fully saturated rings. The number of amides is 2. The summed E-state index contributed by atoms with van der Waals surface area (Å²) in [4.78, 5) is 27.3. The predicted molar refractivity (Wildman–Crippen MR) is 140 cm³/mol. The van der Waals surface area contributed by atoms with E-state index in [1.54, 1.807) is 12.1 Å². The molecule has 3 aromatic carbocycles. The first-order valence-electron chi connectivity index (χ1n) is 10.4. The summed E-state index contributed by atoms with van der Waals surface area (Å²) in [5.41, 5.74) is 3.35. The molecule has 0 atom stereocenters. The van der Waals surface area contributed by atoms with Crippen molar-refractivity contribution in [1.29, 1.82) is 0 Å². The molecule has 34 heavy (non-hydrogen) atoms. The summed E-state index contributed by atoms with van der Waals surface area (Å²) in [6.45, 7) is 0.606. The van der Waals surface area contributed by atoms with Crippen molar-refractivity contribution in [2.75, 3.05) is 0 Å². The molecule has 8 heteroatoms. The van der Waals surface area contributed by atoms with Gasteiger partial charge in [0.25, 0.3) is 11.1 Å². The van der Waals surface area contributed by atoms with E-state index in [9.17, 15) is 9.59 Å². The van der Waals surface area contributed by atoms with Crippen molar-refractivity contribution >= 4 is 74.7 Å². The molecule has 0 aliphatic carbocycles. The average Bonchev–Trinajstić information content (AvgIpc) is 3.30. The smallest absolute Gasteiger partial charge is 0.293 e. The molecule has 4 aromatic rings. The van der Waals surface area contributed by atoms with Crippen molar-refractivity contribution in [3.63, 3.8) is 0 Å². The van der Waals surface area contributed by atoms with Gasteiger partial charge in [-0.2, -0.15) is 0 Å². The number of imide groups is 1. The fourth-order valence-corrected chi connectivity index (χ4v) is 5.49. The second kappa shape index (κ2) is 9.51. The van der Waals surface area contributed by atoms with Gasteiger partial charge < -0.3 is 4.57 Å². The molecule has 170 valence electrons. The summed E-state index contributed by atoms with van der Waals surface area (Å²) in [7, 11) is 0. The number of hydrogen-bond donors (Lipinski definition) is 0. The maximum Gasteiger partial charge on any atom is 0.293 e. The first kappa shape index (κ1) is 23.1. The van der Waals surface area contributed by atoms with E-state index in [1.807, 2.05) is 71.4 Å². The quantitative estimate of drug-likeness (QED) is 0.248. The monoisotopic (exact) mass is 526 g/mol. The minimum Gasteiger partial charge on any atom is -0.342 e. The van der Waals surface area contributed by atoms with Gasteiger partial charge in [-0.15, -0.1) is 0 Å². The lowest BCUT2D eigenvalue weighted by Crippen LogP contribution is -2.27. The van der Waals surface area contributed by atoms with Crippen LogP contribution in [0.15, 0.2) is 77.8 Å². The maximum absolute atomic E-state index is 13.1. The highest BCUT2D eigenvalue weighted by Crippen LogP contribution is 2.36. The zero-order valence-electron chi connectivity index (χ0n) is 17.7. The summed E-state index contributed by atoms with van der Waals surface area (Å²) in [6, 6.07) is 20.5. The number of halogens is 3. The van der Waals surface area contributed by atoms with Gasteiger partial charge in [-0.3, -0.25) is 14.5 Å². The molecule has 0 unspecified atom stereocenters. The highest BCUT2D eigenvalue weighted by molar-refractivity contribution is 8.18. The molecule has 5 rings (SSSR count). The van der Waals surface area contributed by atoms with Gasteiger partial charge in [-0.25, -0.2) is 0 Å². The SMILES string of the molecule is O=C1S/C(=C\c2cn(Cc3c(Cl)cccc3Cl)c3ccccc23)C(=O)N1Cc1ccccc1Cl. The van der Waals surface area contributed by atoms with Gasteiger partial charge in [0, 0.05) is 43.3 Å². The number of carbonyl (C=O) groups excluding carboxylic acids is 2. The summed E-state index contributed by atoms with van der Waals surface area (Å²) >= 11 is 19.9. The third-order valence-electron chi connectivity index (χ3n) is 5.66. The van der Waals surface area contributed by atoms with Crippen LogP contribution >= 0.6 is 46.6 Å². The third-order valence-corrected chi connectivity index (χ3v) is 7.64. The van der Waals surface area contributed by atoms with Crippen molar-refractivity contribution in [3.8, 4) is 0 Å². The summed E-state index contributed by atoms with van der Waals surface area (Å²) < 4.78 is 2.04. The van der Waals surface area contributed by atoms with E-state index >= 15 is 0 Å². The van der Waals surface area contributed by atoms with Gasteiger partial charge in [0.05, 0.1) is 18.0 Å². The molecule has 0 radical (unpaired) electrons. The topological polar surface area (TPSA) is 42.3 Å². The van der Waals surface area contributed by atoms with Crippen LogP contribution in [0.5, 0.6) is 0 Å². The van der Waals surface area contributed by atoms with Gasteiger partial charge >= 0.3 is 0 Å². The Kier molecular flexibility index (Phi) is 6.45. The first-order chi connectivity index (χ1) is 16.4. The van der Waals surface area contributed by atoms with E-state index in [-0.39, 0.29) is 17.7 Å². The Morgan fingerprint density at radius 2 is 1.47 bits per heavy atom. The van der Waals surface area contributed by atoms with Crippen LogP contribution in [0, 0.1) is 0 Å². The molecule has 2 heterocycles. The second-order valence-corrected chi connectivity index (χ2v) is 10.0. The molecular weight excluding hydrogens is 511 g/mol. The van der Waals surface area contributed by atoms with Crippen molar-refractivity contribution in [2.24, 2.45) is 0 Å². The molecule has 1 aliphatic rings. The highest BCUT2D eigenvalue weighted by atomic mass is 35.5. The van der Waals surface area contributed by atoms with Gasteiger partial charge in [0.1, 0.15) is 0 Å². The molecule has 0 spiro atoms. The van der Waals surface area contributed by atoms with Crippen LogP contribution in [-0.2, 0) is 17.9 Å². The van der Waals surface area contributed by atoms with Crippen LogP contribution in [0.4, 0.5) is 4.79 Å². The minimum absolute atomic E-state index is 0.133. The third kappa shape index (κ3) is 4.37. The van der Waals surface area contributed by atoms with Gasteiger partial charge in [-0.1, -0.05) is 77.3 Å². The molecule has 2 amide bonds. The zero-order chi connectivity index (χ0) is 23.8. The lowest BCUT2D eigenvalue weighted by Gasteiger charge is -2.13. The van der Waals surface area contributed by atoms with Crippen LogP contribution in [0.25, 0.3) is 17.0 Å². The number of benzene rings is 3. The van der Waals surface area contributed by atoms with Gasteiger partial charge in [0.15, 0.2) is 0 Å². The molecule has 1 aliphatic heterocycles. The van der Waals surface area contributed by atoms with Crippen molar-refractivity contribution in [2.45, 2.75) is 13.1 Å². The molecule has 0 saturated carbocycles. The number of para-hydroxylation sites is 1. The molecular formula is C26H17Cl3N2O2S. The summed E-state index contributed by atoms with van der Waals surface area (Å²) in [5, 5.41) is 2.35. The van der Waals surface area contributed by atoms with Gasteiger partial charge in [-0.05, 0) is 47.7 Å². The molecule has 0 N–H and O–H groups in total. The van der Waals surface area contributed by atoms with Crippen LogP contribution in [0.2, 0.25) is 15.1 Å². The first-order valence-corrected chi connectivity index (χ1v) is 12.4. The Hall–Kier alpha value is -2.70. The normalized spacial score (nSPS) is 15.1. The predicted octanol–water partition coefficient (Wildman–Crippen LogP) is 7.89. The largest absolute Gasteiger partial charge is 0.342 e. The van der Waals surface area contributed by atoms with Gasteiger partial charge in [0.2, 0.25) is 0 Å². The van der Waals surface area contributed by atoms with Crippen LogP contribution < -0.4 is 0 Å². The van der Waals surface area contributed by atoms with Crippen molar-refractivity contribution in [1.82, 2.24) is 9.47 Å². The van der Waals surface area contributed by atoms with Crippen LogP contribution in [-0.4, -0.2) is 20.6 Å². The Labute approximate surface area is 215 Å². The molecule has 1 aromatic heterocycles. The molecule has 1 saturated heterocycles. The number of thioether (sulfide) groups is 1. The Morgan fingerprint density at radius 3 is 2.24 bits per heavy atom. The second-order valence-electron chi connectivity index (χ2n) is 7.79. The summed E-state index contributed by atoms with van der Waals surface area (Å²) in [6.07, 6.45) is 3.72. The van der Waals surface area contributed by atoms with Crippen LogP contribution in [0.3, 0.4) is 0 Å². The average molecular weight is 528 g/mol. The van der Waals surface area contributed by atoms with Crippen LogP contribution in [0.1, 0.15) is 16.7 Å². The lowest BCUT2D eigenvalue weighted by atomic mass is 10.1.